The molecule has 1 fully saturated rings. The molecule has 1 unspecified atom stereocenters. The number of carbonyl (C=O) groups is 1. The number of rotatable bonds is 3. The summed E-state index contributed by atoms with van der Waals surface area (Å²) in [5.41, 5.74) is 0. The summed E-state index contributed by atoms with van der Waals surface area (Å²) in [5.74, 6) is -0.0439. The molecule has 1 aromatic rings. The van der Waals surface area contributed by atoms with Gasteiger partial charge < -0.3 is 15.4 Å². The standard InChI is InChI=1S/C10H13BrN2O2S.ClH/c1-15-8-5-12-4-7(8)13-10(14)9-6(11)2-3-16-9;/h2-3,7-8,12H,4-5H2,1H3,(H,13,14);1H/t7?,8-;/m0./s1. The van der Waals surface area contributed by atoms with Crippen molar-refractivity contribution in [1.29, 1.82) is 0 Å². The van der Waals surface area contributed by atoms with E-state index in [1.54, 1.807) is 7.11 Å². The third kappa shape index (κ3) is 3.42. The molecule has 0 bridgehead atoms. The van der Waals surface area contributed by atoms with E-state index in [1.165, 1.54) is 11.3 Å². The fourth-order valence-corrected chi connectivity index (χ4v) is 3.19. The van der Waals surface area contributed by atoms with Crippen LogP contribution in [-0.4, -0.2) is 38.3 Å². The van der Waals surface area contributed by atoms with Gasteiger partial charge in [-0.2, -0.15) is 0 Å². The highest BCUT2D eigenvalue weighted by atomic mass is 79.9. The zero-order valence-electron chi connectivity index (χ0n) is 9.23. The molecule has 1 aromatic heterocycles. The van der Waals surface area contributed by atoms with E-state index in [2.05, 4.69) is 26.6 Å². The number of hydrogen-bond acceptors (Lipinski definition) is 4. The Morgan fingerprint density at radius 1 is 1.65 bits per heavy atom. The van der Waals surface area contributed by atoms with Crippen LogP contribution in [0.5, 0.6) is 0 Å². The molecule has 2 rings (SSSR count). The molecule has 0 aliphatic carbocycles. The minimum absolute atomic E-state index is 0. The minimum Gasteiger partial charge on any atom is -0.378 e. The predicted octanol–water partition coefficient (Wildman–Crippen LogP) is 1.65. The molecule has 2 N–H and O–H groups in total. The van der Waals surface area contributed by atoms with Crippen molar-refractivity contribution in [3.63, 3.8) is 0 Å². The van der Waals surface area contributed by atoms with Crippen LogP contribution in [0.2, 0.25) is 0 Å². The summed E-state index contributed by atoms with van der Waals surface area (Å²) in [6.45, 7) is 1.54. The molecule has 0 radical (unpaired) electrons. The molecule has 0 saturated carbocycles. The molecule has 96 valence electrons. The molecule has 0 aromatic carbocycles. The molecule has 1 amide bonds. The maximum absolute atomic E-state index is 11.9. The van der Waals surface area contributed by atoms with Crippen LogP contribution >= 0.6 is 39.7 Å². The van der Waals surface area contributed by atoms with Crippen LogP contribution in [0.4, 0.5) is 0 Å². The molecule has 1 aliphatic rings. The van der Waals surface area contributed by atoms with Gasteiger partial charge in [-0.05, 0) is 27.4 Å². The van der Waals surface area contributed by atoms with Crippen molar-refractivity contribution < 1.29 is 9.53 Å². The largest absolute Gasteiger partial charge is 0.378 e. The van der Waals surface area contributed by atoms with Crippen LogP contribution in [0.15, 0.2) is 15.9 Å². The van der Waals surface area contributed by atoms with Gasteiger partial charge in [0.15, 0.2) is 0 Å². The molecule has 0 spiro atoms. The second-order valence-corrected chi connectivity index (χ2v) is 5.38. The Balaban J connectivity index is 0.00000144. The zero-order valence-corrected chi connectivity index (χ0v) is 12.5. The van der Waals surface area contributed by atoms with Gasteiger partial charge in [0.25, 0.3) is 5.91 Å². The lowest BCUT2D eigenvalue weighted by Gasteiger charge is -2.18. The average Bonchev–Trinajstić information content (AvgIpc) is 2.86. The lowest BCUT2D eigenvalue weighted by Crippen LogP contribution is -2.43. The molecule has 1 saturated heterocycles. The molecule has 4 nitrogen and oxygen atoms in total. The summed E-state index contributed by atoms with van der Waals surface area (Å²) in [6.07, 6.45) is 0.0580. The first-order valence-electron chi connectivity index (χ1n) is 4.99. The van der Waals surface area contributed by atoms with Crippen molar-refractivity contribution in [2.45, 2.75) is 12.1 Å². The number of ether oxygens (including phenoxy) is 1. The Kier molecular flexibility index (Phi) is 5.88. The minimum atomic E-state index is -0.0439. The van der Waals surface area contributed by atoms with Crippen LogP contribution in [0.1, 0.15) is 9.67 Å². The van der Waals surface area contributed by atoms with E-state index in [4.69, 9.17) is 4.74 Å². The number of nitrogens with one attached hydrogen (secondary N) is 2. The lowest BCUT2D eigenvalue weighted by atomic mass is 10.2. The number of thiophene rings is 1. The van der Waals surface area contributed by atoms with Gasteiger partial charge in [0.1, 0.15) is 4.88 Å². The highest BCUT2D eigenvalue weighted by molar-refractivity contribution is 9.10. The number of hydrogen-bond donors (Lipinski definition) is 2. The van der Waals surface area contributed by atoms with Crippen LogP contribution in [-0.2, 0) is 4.74 Å². The van der Waals surface area contributed by atoms with Gasteiger partial charge in [-0.1, -0.05) is 0 Å². The van der Waals surface area contributed by atoms with Gasteiger partial charge in [0, 0.05) is 24.7 Å². The SMILES string of the molecule is CO[C@H]1CNCC1NC(=O)c1sccc1Br.Cl. The Morgan fingerprint density at radius 2 is 2.41 bits per heavy atom. The fourth-order valence-electron chi connectivity index (χ4n) is 1.74. The summed E-state index contributed by atoms with van der Waals surface area (Å²) < 4.78 is 6.13. The Bertz CT molecular complexity index is 388. The Labute approximate surface area is 119 Å². The van der Waals surface area contributed by atoms with E-state index in [0.29, 0.717) is 4.88 Å². The highest BCUT2D eigenvalue weighted by Crippen LogP contribution is 2.22. The topological polar surface area (TPSA) is 50.4 Å². The van der Waals surface area contributed by atoms with Crippen molar-refractivity contribution in [3.8, 4) is 0 Å². The molecule has 2 atom stereocenters. The molecular weight excluding hydrogens is 328 g/mol. The van der Waals surface area contributed by atoms with E-state index in [9.17, 15) is 4.79 Å². The molecule has 17 heavy (non-hydrogen) atoms. The predicted molar refractivity (Wildman–Crippen MR) is 74.2 cm³/mol. The fraction of sp³-hybridized carbons (Fsp3) is 0.500. The lowest BCUT2D eigenvalue weighted by molar-refractivity contribution is 0.0782. The normalized spacial score (nSPS) is 23.2. The number of methoxy groups -OCH3 is 1. The summed E-state index contributed by atoms with van der Waals surface area (Å²) in [7, 11) is 1.66. The van der Waals surface area contributed by atoms with Gasteiger partial charge in [-0.3, -0.25) is 4.79 Å². The first-order valence-corrected chi connectivity index (χ1v) is 6.67. The van der Waals surface area contributed by atoms with Crippen molar-refractivity contribution in [3.05, 3.63) is 20.8 Å². The van der Waals surface area contributed by atoms with E-state index < -0.39 is 0 Å². The number of amides is 1. The van der Waals surface area contributed by atoms with E-state index >= 15 is 0 Å². The first kappa shape index (κ1) is 14.9. The number of carbonyl (C=O) groups excluding carboxylic acids is 1. The Morgan fingerprint density at radius 3 is 3.00 bits per heavy atom. The zero-order chi connectivity index (χ0) is 11.5. The maximum Gasteiger partial charge on any atom is 0.262 e. The second-order valence-electron chi connectivity index (χ2n) is 3.61. The third-order valence-corrected chi connectivity index (χ3v) is 4.44. The summed E-state index contributed by atoms with van der Waals surface area (Å²) in [5, 5.41) is 8.06. The van der Waals surface area contributed by atoms with E-state index in [1.807, 2.05) is 11.4 Å². The van der Waals surface area contributed by atoms with Gasteiger partial charge in [-0.15, -0.1) is 23.7 Å². The van der Waals surface area contributed by atoms with Crippen LogP contribution in [0.3, 0.4) is 0 Å². The summed E-state index contributed by atoms with van der Waals surface area (Å²) in [6, 6.07) is 1.92. The molecule has 2 heterocycles. The van der Waals surface area contributed by atoms with Gasteiger partial charge in [0.2, 0.25) is 0 Å². The van der Waals surface area contributed by atoms with Crippen molar-refractivity contribution in [2.75, 3.05) is 20.2 Å². The van der Waals surface area contributed by atoms with Crippen LogP contribution < -0.4 is 10.6 Å². The second kappa shape index (κ2) is 6.70. The monoisotopic (exact) mass is 340 g/mol. The molecule has 7 heteroatoms. The quantitative estimate of drug-likeness (QED) is 0.879. The van der Waals surface area contributed by atoms with Crippen LogP contribution in [0, 0.1) is 0 Å². The molecular formula is C10H14BrClN2O2S. The summed E-state index contributed by atoms with van der Waals surface area (Å²) in [4.78, 5) is 12.6. The highest BCUT2D eigenvalue weighted by Gasteiger charge is 2.29. The molecule has 1 aliphatic heterocycles. The van der Waals surface area contributed by atoms with Crippen molar-refractivity contribution in [1.82, 2.24) is 10.6 Å². The van der Waals surface area contributed by atoms with E-state index in [-0.39, 0.29) is 30.5 Å². The van der Waals surface area contributed by atoms with Gasteiger partial charge in [0.05, 0.1) is 12.1 Å². The average molecular weight is 342 g/mol. The van der Waals surface area contributed by atoms with E-state index in [0.717, 1.165) is 17.6 Å². The van der Waals surface area contributed by atoms with Gasteiger partial charge >= 0.3 is 0 Å². The van der Waals surface area contributed by atoms with Crippen LogP contribution in [0.25, 0.3) is 0 Å². The van der Waals surface area contributed by atoms with Crippen molar-refractivity contribution >= 4 is 45.6 Å². The number of halogens is 2. The van der Waals surface area contributed by atoms with Crippen molar-refractivity contribution in [2.24, 2.45) is 0 Å². The summed E-state index contributed by atoms with van der Waals surface area (Å²) >= 11 is 4.78. The maximum atomic E-state index is 11.9. The smallest absolute Gasteiger partial charge is 0.262 e. The van der Waals surface area contributed by atoms with Gasteiger partial charge in [-0.25, -0.2) is 0 Å². The first-order chi connectivity index (χ1) is 7.72. The third-order valence-electron chi connectivity index (χ3n) is 2.60. The Hall–Kier alpha value is -0.140.